The highest BCUT2D eigenvalue weighted by Crippen LogP contribution is 2.17. The molecule has 0 aliphatic heterocycles. The lowest BCUT2D eigenvalue weighted by Crippen LogP contribution is -1.87. The fourth-order valence-electron chi connectivity index (χ4n) is 0.567. The highest BCUT2D eigenvalue weighted by Gasteiger charge is 1.95. The molecule has 0 aromatic carbocycles. The molecular weight excluding hydrogens is 184 g/mol. The number of halogens is 1. The summed E-state index contributed by atoms with van der Waals surface area (Å²) in [5.41, 5.74) is 0. The molecule has 0 spiro atoms. The molecule has 1 rings (SSSR count). The zero-order chi connectivity index (χ0) is 8.10. The highest BCUT2D eigenvalue weighted by atomic mass is 35.5. The molecule has 3 nitrogen and oxygen atoms in total. The van der Waals surface area contributed by atoms with Gasteiger partial charge in [-0.3, -0.25) is 0 Å². The largest absolute Gasteiger partial charge is 0.396 e. The third-order valence-corrected chi connectivity index (χ3v) is 2.09. The predicted octanol–water partition coefficient (Wildman–Crippen LogP) is 1.21. The van der Waals surface area contributed by atoms with Crippen LogP contribution in [0.4, 0.5) is 0 Å². The van der Waals surface area contributed by atoms with E-state index < -0.39 is 0 Å². The highest BCUT2D eigenvalue weighted by molar-refractivity contribution is 7.99. The standard InChI is InChI=1S/C6H7ClN2OS/c7-6-3-5(4-8-9-6)11-2-1-10/h3-4,10H,1-2H2. The van der Waals surface area contributed by atoms with E-state index in [0.717, 1.165) is 4.90 Å². The molecule has 0 saturated carbocycles. The van der Waals surface area contributed by atoms with E-state index in [1.54, 1.807) is 12.3 Å². The second-order valence-electron chi connectivity index (χ2n) is 1.79. The fraction of sp³-hybridized carbons (Fsp3) is 0.333. The molecular formula is C6H7ClN2OS. The summed E-state index contributed by atoms with van der Waals surface area (Å²) in [5.74, 6) is 0.655. The Kier molecular flexibility index (Phi) is 3.62. The van der Waals surface area contributed by atoms with Gasteiger partial charge in [-0.2, -0.15) is 5.10 Å². The fourth-order valence-corrected chi connectivity index (χ4v) is 1.44. The zero-order valence-electron chi connectivity index (χ0n) is 5.70. The molecule has 0 amide bonds. The Morgan fingerprint density at radius 3 is 3.09 bits per heavy atom. The van der Waals surface area contributed by atoms with Crippen LogP contribution in [0.15, 0.2) is 17.2 Å². The summed E-state index contributed by atoms with van der Waals surface area (Å²) in [7, 11) is 0. The van der Waals surface area contributed by atoms with E-state index in [2.05, 4.69) is 10.2 Å². The van der Waals surface area contributed by atoms with E-state index in [4.69, 9.17) is 16.7 Å². The molecule has 1 heterocycles. The summed E-state index contributed by atoms with van der Waals surface area (Å²) >= 11 is 7.07. The maximum atomic E-state index is 8.51. The summed E-state index contributed by atoms with van der Waals surface area (Å²) in [6.45, 7) is 0.157. The summed E-state index contributed by atoms with van der Waals surface area (Å²) in [6.07, 6.45) is 1.62. The smallest absolute Gasteiger partial charge is 0.152 e. The lowest BCUT2D eigenvalue weighted by molar-refractivity contribution is 0.322. The van der Waals surface area contributed by atoms with Gasteiger partial charge in [-0.15, -0.1) is 16.9 Å². The van der Waals surface area contributed by atoms with Crippen LogP contribution in [0.5, 0.6) is 0 Å². The van der Waals surface area contributed by atoms with Crippen LogP contribution in [0.2, 0.25) is 5.15 Å². The first kappa shape index (κ1) is 8.77. The Balaban J connectivity index is 2.56. The van der Waals surface area contributed by atoms with Crippen LogP contribution in [0.3, 0.4) is 0 Å². The molecule has 0 saturated heterocycles. The molecule has 60 valence electrons. The monoisotopic (exact) mass is 190 g/mol. The van der Waals surface area contributed by atoms with Crippen molar-refractivity contribution in [3.8, 4) is 0 Å². The van der Waals surface area contributed by atoms with E-state index in [1.165, 1.54) is 11.8 Å². The van der Waals surface area contributed by atoms with Gasteiger partial charge >= 0.3 is 0 Å². The Bertz CT molecular complexity index is 234. The van der Waals surface area contributed by atoms with Crippen LogP contribution >= 0.6 is 23.4 Å². The topological polar surface area (TPSA) is 46.0 Å². The number of thioether (sulfide) groups is 1. The van der Waals surface area contributed by atoms with Crippen LogP contribution in [0, 0.1) is 0 Å². The summed E-state index contributed by atoms with van der Waals surface area (Å²) in [6, 6.07) is 1.72. The van der Waals surface area contributed by atoms with Crippen molar-refractivity contribution in [1.29, 1.82) is 0 Å². The average Bonchev–Trinajstić information content (AvgIpc) is 2.01. The third-order valence-electron chi connectivity index (χ3n) is 0.960. The van der Waals surface area contributed by atoms with Crippen molar-refractivity contribution < 1.29 is 5.11 Å². The van der Waals surface area contributed by atoms with Crippen molar-refractivity contribution in [1.82, 2.24) is 10.2 Å². The van der Waals surface area contributed by atoms with E-state index in [0.29, 0.717) is 10.9 Å². The van der Waals surface area contributed by atoms with Crippen LogP contribution in [0.25, 0.3) is 0 Å². The SMILES string of the molecule is OCCSc1cnnc(Cl)c1. The second-order valence-corrected chi connectivity index (χ2v) is 3.34. The molecule has 1 aromatic heterocycles. The number of nitrogens with zero attached hydrogens (tertiary/aromatic N) is 2. The number of hydrogen-bond donors (Lipinski definition) is 1. The molecule has 0 aliphatic carbocycles. The molecule has 5 heteroatoms. The maximum Gasteiger partial charge on any atom is 0.152 e. The minimum atomic E-state index is 0.157. The van der Waals surface area contributed by atoms with E-state index >= 15 is 0 Å². The van der Waals surface area contributed by atoms with Gasteiger partial charge in [0, 0.05) is 10.6 Å². The second kappa shape index (κ2) is 4.54. The van der Waals surface area contributed by atoms with Crippen LogP contribution in [0.1, 0.15) is 0 Å². The molecule has 0 bridgehead atoms. The Hall–Kier alpha value is -0.320. The lowest BCUT2D eigenvalue weighted by atomic mass is 10.6. The molecule has 0 aliphatic rings. The van der Waals surface area contributed by atoms with Crippen LogP contribution in [-0.4, -0.2) is 27.7 Å². The Morgan fingerprint density at radius 2 is 2.45 bits per heavy atom. The Morgan fingerprint density at radius 1 is 1.64 bits per heavy atom. The molecule has 0 atom stereocenters. The Labute approximate surface area is 73.8 Å². The van der Waals surface area contributed by atoms with E-state index in [9.17, 15) is 0 Å². The minimum Gasteiger partial charge on any atom is -0.396 e. The van der Waals surface area contributed by atoms with Crippen molar-refractivity contribution in [2.75, 3.05) is 12.4 Å². The quantitative estimate of drug-likeness (QED) is 0.728. The number of hydrogen-bond acceptors (Lipinski definition) is 4. The summed E-state index contributed by atoms with van der Waals surface area (Å²) < 4.78 is 0. The summed E-state index contributed by atoms with van der Waals surface area (Å²) in [5, 5.41) is 16.1. The molecule has 1 aromatic rings. The predicted molar refractivity (Wildman–Crippen MR) is 44.9 cm³/mol. The number of aliphatic hydroxyl groups is 1. The van der Waals surface area contributed by atoms with Crippen molar-refractivity contribution in [2.24, 2.45) is 0 Å². The van der Waals surface area contributed by atoms with Gasteiger partial charge in [0.15, 0.2) is 5.15 Å². The van der Waals surface area contributed by atoms with E-state index in [1.807, 2.05) is 0 Å². The molecule has 0 radical (unpaired) electrons. The number of aromatic nitrogens is 2. The van der Waals surface area contributed by atoms with Crippen molar-refractivity contribution in [3.63, 3.8) is 0 Å². The van der Waals surface area contributed by atoms with Gasteiger partial charge in [-0.1, -0.05) is 11.6 Å². The van der Waals surface area contributed by atoms with Crippen molar-refractivity contribution in [2.45, 2.75) is 4.90 Å². The maximum absolute atomic E-state index is 8.51. The molecule has 1 N–H and O–H groups in total. The van der Waals surface area contributed by atoms with Gasteiger partial charge < -0.3 is 5.11 Å². The van der Waals surface area contributed by atoms with Gasteiger partial charge in [0.1, 0.15) is 0 Å². The van der Waals surface area contributed by atoms with Gasteiger partial charge in [0.2, 0.25) is 0 Å². The molecule has 11 heavy (non-hydrogen) atoms. The summed E-state index contributed by atoms with van der Waals surface area (Å²) in [4.78, 5) is 0.930. The van der Waals surface area contributed by atoms with Gasteiger partial charge in [-0.25, -0.2) is 0 Å². The van der Waals surface area contributed by atoms with Gasteiger partial charge in [-0.05, 0) is 6.07 Å². The normalized spacial score (nSPS) is 10.0. The van der Waals surface area contributed by atoms with Gasteiger partial charge in [0.05, 0.1) is 12.8 Å². The van der Waals surface area contributed by atoms with Crippen molar-refractivity contribution >= 4 is 23.4 Å². The minimum absolute atomic E-state index is 0.157. The third kappa shape index (κ3) is 3.05. The first-order valence-corrected chi connectivity index (χ1v) is 4.41. The number of aliphatic hydroxyl groups excluding tert-OH is 1. The van der Waals surface area contributed by atoms with Gasteiger partial charge in [0.25, 0.3) is 0 Å². The zero-order valence-corrected chi connectivity index (χ0v) is 7.27. The lowest BCUT2D eigenvalue weighted by Gasteiger charge is -1.96. The first-order valence-electron chi connectivity index (χ1n) is 3.05. The van der Waals surface area contributed by atoms with Crippen LogP contribution in [-0.2, 0) is 0 Å². The van der Waals surface area contributed by atoms with E-state index in [-0.39, 0.29) is 6.61 Å². The first-order chi connectivity index (χ1) is 5.33. The number of rotatable bonds is 3. The molecule has 0 fully saturated rings. The molecule has 0 unspecified atom stereocenters. The average molecular weight is 191 g/mol. The van der Waals surface area contributed by atoms with Crippen molar-refractivity contribution in [3.05, 3.63) is 17.4 Å². The van der Waals surface area contributed by atoms with Crippen LogP contribution < -0.4 is 0 Å².